The Hall–Kier alpha value is -2.84. The number of nitrogens with two attached hydrogens (primary N) is 2. The molecule has 3 amide bonds. The molecule has 5 N–H and O–H groups in total. The van der Waals surface area contributed by atoms with Crippen molar-refractivity contribution in [2.45, 2.75) is 44.8 Å². The lowest BCUT2D eigenvalue weighted by Gasteiger charge is -2.26. The van der Waals surface area contributed by atoms with Gasteiger partial charge in [0, 0.05) is 25.2 Å². The molecule has 9 nitrogen and oxygen atoms in total. The molecule has 1 aliphatic carbocycles. The van der Waals surface area contributed by atoms with Crippen LogP contribution in [0.5, 0.6) is 0 Å². The molecule has 1 aromatic rings. The van der Waals surface area contributed by atoms with Gasteiger partial charge in [0.1, 0.15) is 11.3 Å². The molecule has 3 rings (SSSR count). The molecule has 9 heteroatoms. The van der Waals surface area contributed by atoms with Crippen molar-refractivity contribution in [2.75, 3.05) is 18.0 Å². The number of nitrogens with zero attached hydrogens (tertiary/aromatic N) is 2. The van der Waals surface area contributed by atoms with Crippen LogP contribution in [-0.4, -0.2) is 47.6 Å². The van der Waals surface area contributed by atoms with Crippen LogP contribution >= 0.6 is 0 Å². The van der Waals surface area contributed by atoms with Crippen molar-refractivity contribution in [2.24, 2.45) is 17.4 Å². The van der Waals surface area contributed by atoms with E-state index in [-0.39, 0.29) is 17.6 Å². The third-order valence-corrected chi connectivity index (χ3v) is 5.19. The molecule has 2 atom stereocenters. The summed E-state index contributed by atoms with van der Waals surface area (Å²) in [5.41, 5.74) is 10.7. The first-order valence-electron chi connectivity index (χ1n) is 9.02. The first-order chi connectivity index (χ1) is 12.7. The van der Waals surface area contributed by atoms with Crippen LogP contribution in [0.2, 0.25) is 0 Å². The second-order valence-electron chi connectivity index (χ2n) is 7.59. The van der Waals surface area contributed by atoms with Crippen molar-refractivity contribution in [3.63, 3.8) is 0 Å². The molecule has 1 saturated carbocycles. The summed E-state index contributed by atoms with van der Waals surface area (Å²) in [6.45, 7) is 4.64. The van der Waals surface area contributed by atoms with E-state index in [0.717, 1.165) is 12.8 Å². The minimum Gasteiger partial charge on any atom is -0.441 e. The molecule has 0 spiro atoms. The average molecular weight is 375 g/mol. The second kappa shape index (κ2) is 7.05. The molecular weight excluding hydrogens is 350 g/mol. The summed E-state index contributed by atoms with van der Waals surface area (Å²) in [5, 5.41) is 3.00. The fourth-order valence-electron chi connectivity index (χ4n) is 3.48. The topological polar surface area (TPSA) is 141 Å². The Morgan fingerprint density at radius 2 is 2.07 bits per heavy atom. The molecule has 1 aromatic heterocycles. The highest BCUT2D eigenvalue weighted by atomic mass is 16.6. The number of hydrogen-bond acceptors (Lipinski definition) is 6. The van der Waals surface area contributed by atoms with Crippen molar-refractivity contribution >= 4 is 23.6 Å². The molecule has 0 bridgehead atoms. The monoisotopic (exact) mass is 375 g/mol. The van der Waals surface area contributed by atoms with Gasteiger partial charge < -0.3 is 26.4 Å². The summed E-state index contributed by atoms with van der Waals surface area (Å²) < 4.78 is 5.22. The summed E-state index contributed by atoms with van der Waals surface area (Å²) in [5.74, 6) is -0.420. The van der Waals surface area contributed by atoms with E-state index in [4.69, 9.17) is 16.2 Å². The maximum absolute atomic E-state index is 12.8. The van der Waals surface area contributed by atoms with Crippen molar-refractivity contribution in [1.82, 2.24) is 10.3 Å². The van der Waals surface area contributed by atoms with E-state index in [1.54, 1.807) is 6.92 Å². The summed E-state index contributed by atoms with van der Waals surface area (Å²) >= 11 is 0. The van der Waals surface area contributed by atoms with Gasteiger partial charge in [-0.2, -0.15) is 0 Å². The van der Waals surface area contributed by atoms with Gasteiger partial charge in [-0.15, -0.1) is 0 Å². The zero-order valence-corrected chi connectivity index (χ0v) is 15.5. The maximum Gasteiger partial charge on any atom is 0.405 e. The molecule has 2 heterocycles. The van der Waals surface area contributed by atoms with Gasteiger partial charge in [-0.05, 0) is 38.7 Å². The van der Waals surface area contributed by atoms with Crippen LogP contribution in [0, 0.1) is 5.92 Å². The minimum absolute atomic E-state index is 0.0706. The van der Waals surface area contributed by atoms with Crippen LogP contribution < -0.4 is 21.7 Å². The molecule has 27 heavy (non-hydrogen) atoms. The molecule has 146 valence electrons. The average Bonchev–Trinajstić information content (AvgIpc) is 3.37. The maximum atomic E-state index is 12.8. The third kappa shape index (κ3) is 4.29. The highest BCUT2D eigenvalue weighted by molar-refractivity contribution is 6.01. The van der Waals surface area contributed by atoms with Gasteiger partial charge >= 0.3 is 6.09 Å². The fraction of sp³-hybridized carbons (Fsp3) is 0.556. The molecule has 2 fully saturated rings. The summed E-state index contributed by atoms with van der Waals surface area (Å²) in [7, 11) is 0. The molecule has 1 unspecified atom stereocenters. The Morgan fingerprint density at radius 1 is 1.37 bits per heavy atom. The summed E-state index contributed by atoms with van der Waals surface area (Å²) in [6.07, 6.45) is 3.30. The fourth-order valence-corrected chi connectivity index (χ4v) is 3.48. The SMILES string of the molecule is CC(NC(=O)c1cnc(C(N)=O)cc1N1CC[C@](C)(OC(N)=O)C1)C1CC1. The minimum atomic E-state index is -0.844. The van der Waals surface area contributed by atoms with E-state index < -0.39 is 17.6 Å². The number of aromatic nitrogens is 1. The van der Waals surface area contributed by atoms with Gasteiger partial charge in [0.25, 0.3) is 11.8 Å². The van der Waals surface area contributed by atoms with Crippen LogP contribution in [0.1, 0.15) is 54.0 Å². The van der Waals surface area contributed by atoms with Crippen LogP contribution in [0.3, 0.4) is 0 Å². The number of rotatable bonds is 6. The van der Waals surface area contributed by atoms with Gasteiger partial charge in [-0.1, -0.05) is 0 Å². The van der Waals surface area contributed by atoms with Crippen LogP contribution in [-0.2, 0) is 4.74 Å². The van der Waals surface area contributed by atoms with Crippen LogP contribution in [0.25, 0.3) is 0 Å². The highest BCUT2D eigenvalue weighted by Gasteiger charge is 2.38. The lowest BCUT2D eigenvalue weighted by atomic mass is 10.1. The summed E-state index contributed by atoms with van der Waals surface area (Å²) in [6, 6.07) is 1.58. The number of hydrogen-bond donors (Lipinski definition) is 3. The zero-order chi connectivity index (χ0) is 19.8. The standard InChI is InChI=1S/C18H25N5O4/c1-10(11-3-4-11)22-16(25)12-8-21-13(15(19)24)7-14(12)23-6-5-18(2,9-23)27-17(20)26/h7-8,10-11H,3-6,9H2,1-2H3,(H2,19,24)(H2,20,26)(H,22,25)/t10?,18-/m0/s1. The van der Waals surface area contributed by atoms with E-state index in [9.17, 15) is 14.4 Å². The van der Waals surface area contributed by atoms with Crippen molar-refractivity contribution in [1.29, 1.82) is 0 Å². The van der Waals surface area contributed by atoms with Crippen molar-refractivity contribution in [3.8, 4) is 0 Å². The third-order valence-electron chi connectivity index (χ3n) is 5.19. The van der Waals surface area contributed by atoms with E-state index in [0.29, 0.717) is 36.7 Å². The Labute approximate surface area is 157 Å². The molecule has 2 aliphatic rings. The van der Waals surface area contributed by atoms with E-state index in [1.807, 2.05) is 11.8 Å². The predicted molar refractivity (Wildman–Crippen MR) is 98.3 cm³/mol. The Kier molecular flexibility index (Phi) is 4.95. The first-order valence-corrected chi connectivity index (χ1v) is 9.02. The number of primary amides is 2. The Balaban J connectivity index is 1.87. The van der Waals surface area contributed by atoms with Crippen molar-refractivity contribution in [3.05, 3.63) is 23.5 Å². The van der Waals surface area contributed by atoms with E-state index >= 15 is 0 Å². The van der Waals surface area contributed by atoms with Gasteiger partial charge in [-0.25, -0.2) is 4.79 Å². The summed E-state index contributed by atoms with van der Waals surface area (Å²) in [4.78, 5) is 41.4. The number of carbonyl (C=O) groups is 3. The van der Waals surface area contributed by atoms with Gasteiger partial charge in [0.2, 0.25) is 0 Å². The largest absolute Gasteiger partial charge is 0.441 e. The molecular formula is C18H25N5O4. The molecule has 1 saturated heterocycles. The molecule has 1 aliphatic heterocycles. The smallest absolute Gasteiger partial charge is 0.405 e. The number of amides is 3. The van der Waals surface area contributed by atoms with E-state index in [2.05, 4.69) is 10.3 Å². The van der Waals surface area contributed by atoms with E-state index in [1.165, 1.54) is 12.3 Å². The number of carbonyl (C=O) groups excluding carboxylic acids is 3. The Morgan fingerprint density at radius 3 is 2.67 bits per heavy atom. The zero-order valence-electron chi connectivity index (χ0n) is 15.5. The lowest BCUT2D eigenvalue weighted by molar-refractivity contribution is 0.0480. The normalized spacial score (nSPS) is 23.0. The van der Waals surface area contributed by atoms with Gasteiger partial charge in [0.05, 0.1) is 17.8 Å². The second-order valence-corrected chi connectivity index (χ2v) is 7.59. The number of pyridine rings is 1. The highest BCUT2D eigenvalue weighted by Crippen LogP contribution is 2.34. The number of anilines is 1. The first kappa shape index (κ1) is 18.9. The molecule has 0 aromatic carbocycles. The van der Waals surface area contributed by atoms with Crippen molar-refractivity contribution < 1.29 is 19.1 Å². The van der Waals surface area contributed by atoms with Crippen LogP contribution in [0.15, 0.2) is 12.3 Å². The quantitative estimate of drug-likeness (QED) is 0.671. The van der Waals surface area contributed by atoms with Crippen LogP contribution in [0.4, 0.5) is 10.5 Å². The number of nitrogens with one attached hydrogen (secondary N) is 1. The number of ether oxygens (including phenoxy) is 1. The predicted octanol–water partition coefficient (Wildman–Crippen LogP) is 0.773. The van der Waals surface area contributed by atoms with Gasteiger partial charge in [0.15, 0.2) is 0 Å². The lowest BCUT2D eigenvalue weighted by Crippen LogP contribution is -2.38. The molecule has 0 radical (unpaired) electrons. The van der Waals surface area contributed by atoms with Gasteiger partial charge in [-0.3, -0.25) is 14.6 Å². The Bertz CT molecular complexity index is 779.